The molecule has 0 saturated heterocycles. The molecule has 0 aliphatic heterocycles. The van der Waals surface area contributed by atoms with Gasteiger partial charge in [0, 0.05) is 5.56 Å². The summed E-state index contributed by atoms with van der Waals surface area (Å²) >= 11 is 0. The maximum atomic E-state index is 13.5. The van der Waals surface area contributed by atoms with Crippen LogP contribution in [-0.2, 0) is 15.0 Å². The van der Waals surface area contributed by atoms with Gasteiger partial charge in [-0.25, -0.2) is 8.78 Å². The monoisotopic (exact) mass is 242 g/mol. The zero-order valence-electron chi connectivity index (χ0n) is 8.48. The number of hydrogen-bond donors (Lipinski definition) is 2. The number of halogens is 2. The second-order valence-corrected chi connectivity index (χ2v) is 4.00. The summed E-state index contributed by atoms with van der Waals surface area (Å²) in [5, 5.41) is 17.8. The molecule has 1 fully saturated rings. The number of hydrogen-bond acceptors (Lipinski definition) is 2. The van der Waals surface area contributed by atoms with Crippen LogP contribution in [0.25, 0.3) is 0 Å². The van der Waals surface area contributed by atoms with Crippen molar-refractivity contribution in [1.82, 2.24) is 0 Å². The van der Waals surface area contributed by atoms with Crippen molar-refractivity contribution in [3.63, 3.8) is 0 Å². The molecule has 1 aliphatic rings. The molecule has 2 atom stereocenters. The molecule has 90 valence electrons. The molecule has 1 aromatic carbocycles. The van der Waals surface area contributed by atoms with E-state index in [1.165, 1.54) is 0 Å². The average Bonchev–Trinajstić information content (AvgIpc) is 2.98. The number of carboxylic acids is 2. The molecule has 0 aromatic heterocycles. The lowest BCUT2D eigenvalue weighted by Gasteiger charge is -2.12. The molecule has 1 saturated carbocycles. The minimum atomic E-state index is -1.84. The Bertz CT molecular complexity index is 514. The Morgan fingerprint density at radius 3 is 2.41 bits per heavy atom. The molecule has 0 spiro atoms. The fraction of sp³-hybridized carbons (Fsp3) is 0.273. The maximum absolute atomic E-state index is 13.5. The van der Waals surface area contributed by atoms with Gasteiger partial charge in [-0.2, -0.15) is 0 Å². The molecular weight excluding hydrogens is 234 g/mol. The van der Waals surface area contributed by atoms with Gasteiger partial charge < -0.3 is 10.2 Å². The fourth-order valence-corrected chi connectivity index (χ4v) is 2.05. The predicted molar refractivity (Wildman–Crippen MR) is 51.4 cm³/mol. The molecule has 17 heavy (non-hydrogen) atoms. The summed E-state index contributed by atoms with van der Waals surface area (Å²) in [5.74, 6) is -5.68. The van der Waals surface area contributed by atoms with E-state index in [1.54, 1.807) is 0 Å². The summed E-state index contributed by atoms with van der Waals surface area (Å²) in [6.07, 6.45) is -0.224. The predicted octanol–water partition coefficient (Wildman–Crippen LogP) is 1.39. The van der Waals surface area contributed by atoms with Crippen molar-refractivity contribution in [2.75, 3.05) is 0 Å². The molecule has 1 aliphatic carbocycles. The van der Waals surface area contributed by atoms with Gasteiger partial charge in [0.15, 0.2) is 0 Å². The molecule has 2 rings (SSSR count). The van der Waals surface area contributed by atoms with Crippen LogP contribution in [0.1, 0.15) is 12.0 Å². The van der Waals surface area contributed by atoms with E-state index in [0.717, 1.165) is 18.2 Å². The Labute approximate surface area is 94.5 Å². The van der Waals surface area contributed by atoms with E-state index in [4.69, 9.17) is 10.2 Å². The van der Waals surface area contributed by atoms with Crippen LogP contribution < -0.4 is 0 Å². The third-order valence-corrected chi connectivity index (χ3v) is 3.05. The summed E-state index contributed by atoms with van der Waals surface area (Å²) in [4.78, 5) is 21.9. The van der Waals surface area contributed by atoms with Crippen molar-refractivity contribution in [1.29, 1.82) is 0 Å². The number of carbonyl (C=O) groups is 2. The van der Waals surface area contributed by atoms with Crippen LogP contribution in [0.4, 0.5) is 8.78 Å². The van der Waals surface area contributed by atoms with E-state index in [1.807, 2.05) is 0 Å². The highest BCUT2D eigenvalue weighted by atomic mass is 19.1. The number of rotatable bonds is 3. The maximum Gasteiger partial charge on any atom is 0.315 e. The lowest BCUT2D eigenvalue weighted by atomic mass is 9.92. The largest absolute Gasteiger partial charge is 0.481 e. The molecule has 1 aromatic rings. The Balaban J connectivity index is 2.53. The minimum absolute atomic E-state index is 0.224. The highest BCUT2D eigenvalue weighted by molar-refractivity contribution is 5.94. The van der Waals surface area contributed by atoms with Crippen molar-refractivity contribution >= 4 is 11.9 Å². The van der Waals surface area contributed by atoms with Crippen molar-refractivity contribution in [3.05, 3.63) is 35.4 Å². The van der Waals surface area contributed by atoms with Gasteiger partial charge in [0.25, 0.3) is 0 Å². The molecule has 0 heterocycles. The summed E-state index contributed by atoms with van der Waals surface area (Å²) in [6, 6.07) is 2.39. The van der Waals surface area contributed by atoms with Crippen molar-refractivity contribution < 1.29 is 28.6 Å². The van der Waals surface area contributed by atoms with Gasteiger partial charge in [-0.05, 0) is 24.6 Å². The third-order valence-electron chi connectivity index (χ3n) is 3.05. The average molecular weight is 242 g/mol. The van der Waals surface area contributed by atoms with Gasteiger partial charge in [-0.1, -0.05) is 0 Å². The van der Waals surface area contributed by atoms with Gasteiger partial charge in [0.1, 0.15) is 17.0 Å². The minimum Gasteiger partial charge on any atom is -0.481 e. The first-order chi connectivity index (χ1) is 7.89. The van der Waals surface area contributed by atoms with Crippen molar-refractivity contribution in [2.24, 2.45) is 5.92 Å². The highest BCUT2D eigenvalue weighted by Crippen LogP contribution is 2.55. The molecule has 0 amide bonds. The topological polar surface area (TPSA) is 74.6 Å². The quantitative estimate of drug-likeness (QED) is 0.839. The first-order valence-corrected chi connectivity index (χ1v) is 4.81. The molecule has 4 nitrogen and oxygen atoms in total. The van der Waals surface area contributed by atoms with Crippen LogP contribution in [0.3, 0.4) is 0 Å². The zero-order valence-corrected chi connectivity index (χ0v) is 8.48. The Kier molecular flexibility index (Phi) is 2.38. The van der Waals surface area contributed by atoms with E-state index in [2.05, 4.69) is 0 Å². The standard InChI is InChI=1S/C11H8F2O4/c12-5-1-2-8(13)6(3-5)11(10(16)17)4-7(11)9(14)15/h1-3,7H,4H2,(H,14,15)(H,16,17). The van der Waals surface area contributed by atoms with Gasteiger partial charge in [0.2, 0.25) is 0 Å². The summed E-state index contributed by atoms with van der Waals surface area (Å²) < 4.78 is 26.5. The molecule has 0 bridgehead atoms. The van der Waals surface area contributed by atoms with E-state index in [-0.39, 0.29) is 6.42 Å². The lowest BCUT2D eigenvalue weighted by Crippen LogP contribution is -2.26. The number of aliphatic carboxylic acids is 2. The van der Waals surface area contributed by atoms with Crippen LogP contribution in [0, 0.1) is 17.6 Å². The molecular formula is C11H8F2O4. The van der Waals surface area contributed by atoms with E-state index in [9.17, 15) is 18.4 Å². The first kappa shape index (κ1) is 11.5. The van der Waals surface area contributed by atoms with Crippen LogP contribution in [0.5, 0.6) is 0 Å². The summed E-state index contributed by atoms with van der Waals surface area (Å²) in [7, 11) is 0. The first-order valence-electron chi connectivity index (χ1n) is 4.81. The van der Waals surface area contributed by atoms with Gasteiger partial charge in [-0.3, -0.25) is 9.59 Å². The van der Waals surface area contributed by atoms with Crippen molar-refractivity contribution in [3.8, 4) is 0 Å². The second-order valence-electron chi connectivity index (χ2n) is 4.00. The van der Waals surface area contributed by atoms with E-state index >= 15 is 0 Å². The number of benzene rings is 1. The van der Waals surface area contributed by atoms with E-state index < -0.39 is 40.5 Å². The highest BCUT2D eigenvalue weighted by Gasteiger charge is 2.66. The normalized spacial score (nSPS) is 26.6. The van der Waals surface area contributed by atoms with Crippen molar-refractivity contribution in [2.45, 2.75) is 11.8 Å². The van der Waals surface area contributed by atoms with Crippen LogP contribution in [-0.4, -0.2) is 22.2 Å². The summed E-state index contributed by atoms with van der Waals surface area (Å²) in [5.41, 5.74) is -2.24. The van der Waals surface area contributed by atoms with Gasteiger partial charge in [0.05, 0.1) is 5.92 Å². The Morgan fingerprint density at radius 1 is 1.29 bits per heavy atom. The molecule has 0 radical (unpaired) electrons. The smallest absolute Gasteiger partial charge is 0.315 e. The SMILES string of the molecule is O=C(O)C1CC1(C(=O)O)c1cc(F)ccc1F. The zero-order chi connectivity index (χ0) is 12.8. The van der Waals surface area contributed by atoms with Crippen LogP contribution >= 0.6 is 0 Å². The van der Waals surface area contributed by atoms with E-state index in [0.29, 0.717) is 0 Å². The van der Waals surface area contributed by atoms with Crippen LogP contribution in [0.2, 0.25) is 0 Å². The Morgan fingerprint density at radius 2 is 1.94 bits per heavy atom. The molecule has 6 heteroatoms. The van der Waals surface area contributed by atoms with Gasteiger partial charge in [-0.15, -0.1) is 0 Å². The van der Waals surface area contributed by atoms with Gasteiger partial charge >= 0.3 is 11.9 Å². The summed E-state index contributed by atoms with van der Waals surface area (Å²) in [6.45, 7) is 0. The fourth-order valence-electron chi connectivity index (χ4n) is 2.05. The Hall–Kier alpha value is -1.98. The third kappa shape index (κ3) is 1.56. The van der Waals surface area contributed by atoms with Crippen LogP contribution in [0.15, 0.2) is 18.2 Å². The molecule has 2 N–H and O–H groups in total. The number of carboxylic acid groups (broad SMARTS) is 2. The second kappa shape index (κ2) is 3.51. The molecule has 2 unspecified atom stereocenters. The lowest BCUT2D eigenvalue weighted by molar-refractivity contribution is -0.146.